The molecule has 0 saturated heterocycles. The maximum atomic E-state index is 4.69. The van der Waals surface area contributed by atoms with E-state index in [1.165, 1.54) is 5.69 Å². The molecule has 3 rings (SSSR count). The van der Waals surface area contributed by atoms with Crippen molar-refractivity contribution in [2.45, 2.75) is 11.9 Å². The third kappa shape index (κ3) is 2.37. The summed E-state index contributed by atoms with van der Waals surface area (Å²) in [5, 5.41) is 2.84. The van der Waals surface area contributed by atoms with E-state index >= 15 is 0 Å². The van der Waals surface area contributed by atoms with Crippen LogP contribution in [0, 0.1) is 0 Å². The van der Waals surface area contributed by atoms with Crippen LogP contribution in [0.5, 0.6) is 0 Å². The molecule has 0 aliphatic rings. The van der Waals surface area contributed by atoms with Crippen molar-refractivity contribution < 1.29 is 0 Å². The fraction of sp³-hybridized carbons (Fsp3) is 0.231. The minimum Gasteiger partial charge on any atom is -0.352 e. The van der Waals surface area contributed by atoms with Gasteiger partial charge in [0.05, 0.1) is 17.9 Å². The average molecular weight is 337 g/mol. The van der Waals surface area contributed by atoms with E-state index in [4.69, 9.17) is 0 Å². The number of fused-ring (bicyclic) bond motifs is 1. The first-order chi connectivity index (χ1) is 9.29. The molecule has 0 amide bonds. The van der Waals surface area contributed by atoms with Crippen molar-refractivity contribution in [3.63, 3.8) is 0 Å². The number of pyridine rings is 1. The molecule has 98 valence electrons. The molecule has 0 N–H and O–H groups in total. The monoisotopic (exact) mass is 336 g/mol. The number of hydrogen-bond donors (Lipinski definition) is 0. The maximum absolute atomic E-state index is 4.69. The molecule has 0 bridgehead atoms. The highest BCUT2D eigenvalue weighted by molar-refractivity contribution is 9.08. The SMILES string of the molecule is CN(Cc1ccccn1)c1nc2sccn2c1CBr. The molecule has 3 aromatic heterocycles. The summed E-state index contributed by atoms with van der Waals surface area (Å²) in [5.41, 5.74) is 2.22. The van der Waals surface area contributed by atoms with E-state index in [1.807, 2.05) is 31.4 Å². The lowest BCUT2D eigenvalue weighted by atomic mass is 10.3. The molecule has 0 fully saturated rings. The summed E-state index contributed by atoms with van der Waals surface area (Å²) in [6.45, 7) is 0.756. The molecule has 4 nitrogen and oxygen atoms in total. The zero-order valence-corrected chi connectivity index (χ0v) is 12.9. The highest BCUT2D eigenvalue weighted by atomic mass is 79.9. The van der Waals surface area contributed by atoms with Gasteiger partial charge in [-0.1, -0.05) is 22.0 Å². The van der Waals surface area contributed by atoms with Crippen LogP contribution in [0.15, 0.2) is 36.0 Å². The number of hydrogen-bond acceptors (Lipinski definition) is 4. The molecule has 3 aromatic rings. The molecule has 0 atom stereocenters. The van der Waals surface area contributed by atoms with Crippen LogP contribution in [0.2, 0.25) is 0 Å². The van der Waals surface area contributed by atoms with Crippen molar-refractivity contribution in [3.8, 4) is 0 Å². The number of imidazole rings is 1. The van der Waals surface area contributed by atoms with Crippen LogP contribution in [-0.2, 0) is 11.9 Å². The Balaban J connectivity index is 1.92. The minimum atomic E-state index is 0.756. The lowest BCUT2D eigenvalue weighted by Crippen LogP contribution is -2.18. The van der Waals surface area contributed by atoms with Gasteiger partial charge in [0.2, 0.25) is 0 Å². The fourth-order valence-electron chi connectivity index (χ4n) is 2.06. The van der Waals surface area contributed by atoms with Crippen LogP contribution in [-0.4, -0.2) is 21.4 Å². The Hall–Kier alpha value is -1.40. The van der Waals surface area contributed by atoms with Crippen molar-refractivity contribution in [2.75, 3.05) is 11.9 Å². The quantitative estimate of drug-likeness (QED) is 0.685. The van der Waals surface area contributed by atoms with Gasteiger partial charge in [0.25, 0.3) is 0 Å². The van der Waals surface area contributed by atoms with Crippen molar-refractivity contribution in [2.24, 2.45) is 0 Å². The van der Waals surface area contributed by atoms with Gasteiger partial charge in [-0.25, -0.2) is 4.98 Å². The molecule has 3 heterocycles. The molecule has 6 heteroatoms. The van der Waals surface area contributed by atoms with E-state index in [9.17, 15) is 0 Å². The highest BCUT2D eigenvalue weighted by Crippen LogP contribution is 2.26. The van der Waals surface area contributed by atoms with E-state index in [2.05, 4.69) is 46.8 Å². The van der Waals surface area contributed by atoms with Gasteiger partial charge in [0.1, 0.15) is 0 Å². The summed E-state index contributed by atoms with van der Waals surface area (Å²) in [6.07, 6.45) is 3.88. The smallest absolute Gasteiger partial charge is 0.195 e. The molecule has 0 radical (unpaired) electrons. The summed E-state index contributed by atoms with van der Waals surface area (Å²) in [6, 6.07) is 5.97. The van der Waals surface area contributed by atoms with Gasteiger partial charge in [-0.2, -0.15) is 0 Å². The number of rotatable bonds is 4. The van der Waals surface area contributed by atoms with Crippen molar-refractivity contribution in [1.82, 2.24) is 14.4 Å². The second-order valence-electron chi connectivity index (χ2n) is 4.25. The lowest BCUT2D eigenvalue weighted by Gasteiger charge is -2.17. The number of anilines is 1. The minimum absolute atomic E-state index is 0.756. The zero-order valence-electron chi connectivity index (χ0n) is 10.5. The van der Waals surface area contributed by atoms with Crippen LogP contribution in [0.1, 0.15) is 11.4 Å². The van der Waals surface area contributed by atoms with Gasteiger partial charge in [0, 0.05) is 30.2 Å². The second kappa shape index (κ2) is 5.30. The Labute approximate surface area is 123 Å². The Bertz CT molecular complexity index is 676. The van der Waals surface area contributed by atoms with Crippen LogP contribution in [0.3, 0.4) is 0 Å². The number of nitrogens with zero attached hydrogens (tertiary/aromatic N) is 4. The van der Waals surface area contributed by atoms with Crippen LogP contribution >= 0.6 is 27.3 Å². The Kier molecular flexibility index (Phi) is 3.52. The molecule has 0 spiro atoms. The van der Waals surface area contributed by atoms with E-state index in [-0.39, 0.29) is 0 Å². The molecular weight excluding hydrogens is 324 g/mol. The third-order valence-electron chi connectivity index (χ3n) is 2.95. The van der Waals surface area contributed by atoms with Crippen LogP contribution in [0.25, 0.3) is 4.96 Å². The first kappa shape index (κ1) is 12.6. The summed E-state index contributed by atoms with van der Waals surface area (Å²) in [7, 11) is 2.05. The number of thiazole rings is 1. The standard InChI is InChI=1S/C13H13BrN4S/c1-17(9-10-4-2-3-5-15-10)12-11(8-14)18-6-7-19-13(18)16-12/h2-7H,8-9H2,1H3. The van der Waals surface area contributed by atoms with Gasteiger partial charge in [0.15, 0.2) is 10.8 Å². The Morgan fingerprint density at radius 1 is 1.42 bits per heavy atom. The molecule has 0 aliphatic carbocycles. The first-order valence-electron chi connectivity index (χ1n) is 5.91. The normalized spacial score (nSPS) is 11.1. The molecular formula is C13H13BrN4S. The van der Waals surface area contributed by atoms with Crippen molar-refractivity contribution in [3.05, 3.63) is 47.4 Å². The molecule has 0 aliphatic heterocycles. The van der Waals surface area contributed by atoms with Gasteiger partial charge in [-0.15, -0.1) is 11.3 Å². The third-order valence-corrected chi connectivity index (χ3v) is 4.24. The Morgan fingerprint density at radius 2 is 2.32 bits per heavy atom. The Morgan fingerprint density at radius 3 is 3.05 bits per heavy atom. The average Bonchev–Trinajstić information content (AvgIpc) is 2.99. The summed E-state index contributed by atoms with van der Waals surface area (Å²) >= 11 is 5.20. The lowest BCUT2D eigenvalue weighted by molar-refractivity contribution is 0.864. The predicted molar refractivity (Wildman–Crippen MR) is 82.0 cm³/mol. The van der Waals surface area contributed by atoms with E-state index < -0.39 is 0 Å². The van der Waals surface area contributed by atoms with Gasteiger partial charge in [-0.05, 0) is 12.1 Å². The summed E-state index contributed by atoms with van der Waals surface area (Å²) in [4.78, 5) is 12.2. The van der Waals surface area contributed by atoms with Crippen molar-refractivity contribution >= 4 is 38.0 Å². The molecule has 0 saturated carbocycles. The molecule has 19 heavy (non-hydrogen) atoms. The van der Waals surface area contributed by atoms with E-state index in [1.54, 1.807) is 11.3 Å². The number of halogens is 1. The predicted octanol–water partition coefficient (Wildman–Crippen LogP) is 3.32. The van der Waals surface area contributed by atoms with Crippen molar-refractivity contribution in [1.29, 1.82) is 0 Å². The topological polar surface area (TPSA) is 33.4 Å². The number of alkyl halides is 1. The van der Waals surface area contributed by atoms with Gasteiger partial charge >= 0.3 is 0 Å². The second-order valence-corrected chi connectivity index (χ2v) is 5.68. The fourth-order valence-corrected chi connectivity index (χ4v) is 3.31. The largest absolute Gasteiger partial charge is 0.352 e. The maximum Gasteiger partial charge on any atom is 0.195 e. The van der Waals surface area contributed by atoms with Gasteiger partial charge < -0.3 is 4.90 Å². The summed E-state index contributed by atoms with van der Waals surface area (Å²) < 4.78 is 2.13. The van der Waals surface area contributed by atoms with E-state index in [0.29, 0.717) is 0 Å². The highest BCUT2D eigenvalue weighted by Gasteiger charge is 2.15. The van der Waals surface area contributed by atoms with E-state index in [0.717, 1.165) is 28.3 Å². The summed E-state index contributed by atoms with van der Waals surface area (Å²) in [5.74, 6) is 1.01. The molecule has 0 aromatic carbocycles. The molecule has 0 unspecified atom stereocenters. The van der Waals surface area contributed by atoms with Crippen LogP contribution in [0.4, 0.5) is 5.82 Å². The number of aromatic nitrogens is 3. The van der Waals surface area contributed by atoms with Crippen LogP contribution < -0.4 is 4.90 Å². The van der Waals surface area contributed by atoms with Gasteiger partial charge in [-0.3, -0.25) is 9.38 Å². The zero-order chi connectivity index (χ0) is 13.2. The first-order valence-corrected chi connectivity index (χ1v) is 7.91.